The van der Waals surface area contributed by atoms with E-state index in [0.29, 0.717) is 0 Å². The summed E-state index contributed by atoms with van der Waals surface area (Å²) >= 11 is 0. The van der Waals surface area contributed by atoms with E-state index < -0.39 is 17.9 Å². The number of ether oxygens (including phenoxy) is 2. The van der Waals surface area contributed by atoms with E-state index in [4.69, 9.17) is 9.99 Å². The number of carbonyl (C=O) groups is 3. The van der Waals surface area contributed by atoms with Gasteiger partial charge in [0.05, 0.1) is 24.8 Å². The second-order valence-corrected chi connectivity index (χ2v) is 3.37. The Kier molecular flexibility index (Phi) is 8.87. The number of methoxy groups -OCH3 is 1. The maximum atomic E-state index is 11.4. The van der Waals surface area contributed by atoms with Crippen LogP contribution in [0.2, 0.25) is 0 Å². The highest BCUT2D eigenvalue weighted by atomic mass is 17.1. The van der Waals surface area contributed by atoms with Crippen LogP contribution in [0.5, 0.6) is 0 Å². The molecule has 0 atom stereocenters. The molecule has 0 aromatic heterocycles. The number of rotatable bonds is 4. The molecule has 21 heavy (non-hydrogen) atoms. The van der Waals surface area contributed by atoms with Crippen LogP contribution in [-0.4, -0.2) is 36.9 Å². The third kappa shape index (κ3) is 6.35. The molecule has 0 fully saturated rings. The van der Waals surface area contributed by atoms with E-state index in [2.05, 4.69) is 16.2 Å². The largest absolute Gasteiger partial charge is 0.466 e. The van der Waals surface area contributed by atoms with Crippen molar-refractivity contribution in [1.29, 1.82) is 0 Å². The zero-order valence-corrected chi connectivity index (χ0v) is 11.7. The second kappa shape index (κ2) is 10.2. The van der Waals surface area contributed by atoms with Gasteiger partial charge in [-0.25, -0.2) is 14.4 Å². The molecule has 1 aromatic carbocycles. The fraction of sp³-hybridized carbons (Fsp3) is 0.214. The molecule has 0 saturated heterocycles. The summed E-state index contributed by atoms with van der Waals surface area (Å²) in [4.78, 5) is 35.8. The van der Waals surface area contributed by atoms with Crippen LogP contribution in [0, 0.1) is 0 Å². The number of hydrogen-bond donors (Lipinski definition) is 1. The Hall–Kier alpha value is -2.67. The SMILES string of the molecule is C=CC(=O)OC.CCOC(=O)c1ccccc1C(=O)OO. The Labute approximate surface area is 121 Å². The van der Waals surface area contributed by atoms with Gasteiger partial charge in [-0.1, -0.05) is 18.7 Å². The fourth-order valence-electron chi connectivity index (χ4n) is 1.18. The minimum absolute atomic E-state index is 0.0292. The quantitative estimate of drug-likeness (QED) is 0.297. The minimum atomic E-state index is -0.987. The average molecular weight is 296 g/mol. The first-order valence-electron chi connectivity index (χ1n) is 5.84. The van der Waals surface area contributed by atoms with E-state index in [9.17, 15) is 14.4 Å². The van der Waals surface area contributed by atoms with Gasteiger partial charge in [0, 0.05) is 6.08 Å². The van der Waals surface area contributed by atoms with Crippen LogP contribution in [0.4, 0.5) is 0 Å². The van der Waals surface area contributed by atoms with Gasteiger partial charge in [-0.2, -0.15) is 5.26 Å². The Balaban J connectivity index is 0.000000567. The summed E-state index contributed by atoms with van der Waals surface area (Å²) in [7, 11) is 1.31. The lowest BCUT2D eigenvalue weighted by Crippen LogP contribution is -2.12. The summed E-state index contributed by atoms with van der Waals surface area (Å²) < 4.78 is 8.88. The molecule has 114 valence electrons. The number of hydrogen-bond acceptors (Lipinski definition) is 7. The maximum absolute atomic E-state index is 11.4. The van der Waals surface area contributed by atoms with Crippen LogP contribution < -0.4 is 0 Å². The van der Waals surface area contributed by atoms with Gasteiger partial charge in [0.15, 0.2) is 0 Å². The van der Waals surface area contributed by atoms with E-state index in [0.717, 1.165) is 6.08 Å². The van der Waals surface area contributed by atoms with Crippen LogP contribution in [0.3, 0.4) is 0 Å². The lowest BCUT2D eigenvalue weighted by Gasteiger charge is -2.05. The molecule has 0 radical (unpaired) electrons. The van der Waals surface area contributed by atoms with Gasteiger partial charge in [0.1, 0.15) is 0 Å². The molecule has 1 N–H and O–H groups in total. The van der Waals surface area contributed by atoms with E-state index in [1.807, 2.05) is 0 Å². The molecule has 7 nitrogen and oxygen atoms in total. The van der Waals surface area contributed by atoms with Crippen molar-refractivity contribution < 1.29 is 34.0 Å². The van der Waals surface area contributed by atoms with Gasteiger partial charge in [0.25, 0.3) is 0 Å². The molecule has 0 heterocycles. The number of carbonyl (C=O) groups excluding carboxylic acids is 3. The van der Waals surface area contributed by atoms with E-state index >= 15 is 0 Å². The summed E-state index contributed by atoms with van der Waals surface area (Å²) in [5.74, 6) is -2.01. The lowest BCUT2D eigenvalue weighted by molar-refractivity contribution is -0.182. The van der Waals surface area contributed by atoms with E-state index in [1.54, 1.807) is 19.1 Å². The molecule has 0 amide bonds. The van der Waals surface area contributed by atoms with Crippen molar-refractivity contribution in [2.75, 3.05) is 13.7 Å². The topological polar surface area (TPSA) is 99.1 Å². The van der Waals surface area contributed by atoms with Crippen LogP contribution in [-0.2, 0) is 19.2 Å². The summed E-state index contributed by atoms with van der Waals surface area (Å²) in [6.07, 6.45) is 1.11. The highest BCUT2D eigenvalue weighted by Crippen LogP contribution is 2.11. The van der Waals surface area contributed by atoms with Crippen molar-refractivity contribution in [3.63, 3.8) is 0 Å². The van der Waals surface area contributed by atoms with Crippen molar-refractivity contribution >= 4 is 17.9 Å². The predicted octanol–water partition coefficient (Wildman–Crippen LogP) is 1.84. The maximum Gasteiger partial charge on any atom is 0.373 e. The monoisotopic (exact) mass is 296 g/mol. The van der Waals surface area contributed by atoms with Crippen LogP contribution in [0.1, 0.15) is 27.6 Å². The van der Waals surface area contributed by atoms with E-state index in [1.165, 1.54) is 19.2 Å². The zero-order valence-electron chi connectivity index (χ0n) is 11.7. The molecule has 0 saturated carbocycles. The van der Waals surface area contributed by atoms with Gasteiger partial charge < -0.3 is 9.47 Å². The molecule has 0 bridgehead atoms. The first-order chi connectivity index (χ1) is 10.0. The Morgan fingerprint density at radius 3 is 2.05 bits per heavy atom. The van der Waals surface area contributed by atoms with Crippen molar-refractivity contribution in [2.45, 2.75) is 6.92 Å². The summed E-state index contributed by atoms with van der Waals surface area (Å²) in [5.41, 5.74) is 0.0388. The molecular weight excluding hydrogens is 280 g/mol. The molecule has 1 aromatic rings. The summed E-state index contributed by atoms with van der Waals surface area (Å²) in [6, 6.07) is 5.92. The Morgan fingerprint density at radius 1 is 1.19 bits per heavy atom. The third-order valence-corrected chi connectivity index (χ3v) is 2.09. The second-order valence-electron chi connectivity index (χ2n) is 3.37. The van der Waals surface area contributed by atoms with Gasteiger partial charge in [0.2, 0.25) is 0 Å². The number of benzene rings is 1. The smallest absolute Gasteiger partial charge is 0.373 e. The van der Waals surface area contributed by atoms with Crippen molar-refractivity contribution in [3.05, 3.63) is 48.0 Å². The van der Waals surface area contributed by atoms with Gasteiger partial charge in [-0.05, 0) is 19.1 Å². The molecule has 0 aliphatic heterocycles. The van der Waals surface area contributed by atoms with Gasteiger partial charge in [-0.3, -0.25) is 4.89 Å². The predicted molar refractivity (Wildman–Crippen MR) is 72.7 cm³/mol. The molecule has 0 unspecified atom stereocenters. The highest BCUT2D eigenvalue weighted by Gasteiger charge is 2.18. The molecular formula is C14H16O7. The van der Waals surface area contributed by atoms with Crippen molar-refractivity contribution in [1.82, 2.24) is 0 Å². The van der Waals surface area contributed by atoms with E-state index in [-0.39, 0.29) is 17.7 Å². The fourth-order valence-corrected chi connectivity index (χ4v) is 1.18. The molecule has 0 spiro atoms. The molecule has 7 heteroatoms. The first-order valence-corrected chi connectivity index (χ1v) is 5.84. The van der Waals surface area contributed by atoms with Gasteiger partial charge >= 0.3 is 17.9 Å². The number of esters is 2. The summed E-state index contributed by atoms with van der Waals surface area (Å²) in [6.45, 7) is 5.02. The molecule has 1 rings (SSSR count). The minimum Gasteiger partial charge on any atom is -0.466 e. The highest BCUT2D eigenvalue weighted by molar-refractivity contribution is 6.02. The normalized spacial score (nSPS) is 8.71. The molecule has 0 aliphatic rings. The lowest BCUT2D eigenvalue weighted by atomic mass is 10.1. The van der Waals surface area contributed by atoms with Crippen LogP contribution >= 0.6 is 0 Å². The Morgan fingerprint density at radius 2 is 1.71 bits per heavy atom. The van der Waals surface area contributed by atoms with Crippen LogP contribution in [0.15, 0.2) is 36.9 Å². The zero-order chi connectivity index (χ0) is 16.3. The first kappa shape index (κ1) is 18.3. The third-order valence-electron chi connectivity index (χ3n) is 2.09. The molecule has 0 aliphatic carbocycles. The Bertz CT molecular complexity index is 508. The average Bonchev–Trinajstić information content (AvgIpc) is 2.54. The van der Waals surface area contributed by atoms with Crippen molar-refractivity contribution in [3.8, 4) is 0 Å². The summed E-state index contributed by atoms with van der Waals surface area (Å²) in [5, 5.41) is 8.22. The van der Waals surface area contributed by atoms with Crippen LogP contribution in [0.25, 0.3) is 0 Å². The standard InChI is InChI=1S/C10H10O5.C4H6O2/c1-2-14-9(11)7-5-3-4-6-8(7)10(12)15-13;1-3-4(5)6-2/h3-6,13H,2H2,1H3;3H,1H2,2H3. The van der Waals surface area contributed by atoms with Gasteiger partial charge in [-0.15, -0.1) is 0 Å². The van der Waals surface area contributed by atoms with Crippen molar-refractivity contribution in [2.24, 2.45) is 0 Å².